The number of thioether (sulfide) groups is 1. The second-order valence-corrected chi connectivity index (χ2v) is 7.55. The summed E-state index contributed by atoms with van der Waals surface area (Å²) < 4.78 is 45.2. The predicted octanol–water partition coefficient (Wildman–Crippen LogP) is 4.35. The first-order valence-electron chi connectivity index (χ1n) is 8.70. The average molecular weight is 416 g/mol. The van der Waals surface area contributed by atoms with E-state index in [1.807, 2.05) is 0 Å². The number of aliphatic hydroxyl groups is 1. The molecule has 9 heteroatoms. The number of alkyl halides is 3. The highest BCUT2D eigenvalue weighted by Crippen LogP contribution is 2.40. The molecular formula is C19H23F3N2O3S. The second-order valence-electron chi connectivity index (χ2n) is 6.44. The number of hydrogen-bond donors (Lipinski definition) is 3. The van der Waals surface area contributed by atoms with Gasteiger partial charge in [-0.25, -0.2) is 0 Å². The summed E-state index contributed by atoms with van der Waals surface area (Å²) in [4.78, 5) is 13.0. The molecule has 0 aromatic heterocycles. The molecule has 28 heavy (non-hydrogen) atoms. The Hall–Kier alpha value is -2.00. The van der Waals surface area contributed by atoms with E-state index < -0.39 is 23.4 Å². The maximum absolute atomic E-state index is 13.4. The van der Waals surface area contributed by atoms with Gasteiger partial charge >= 0.3 is 6.18 Å². The van der Waals surface area contributed by atoms with Crippen molar-refractivity contribution < 1.29 is 27.8 Å². The summed E-state index contributed by atoms with van der Waals surface area (Å²) in [5.41, 5.74) is -0.797. The number of nitrogens with one attached hydrogen (secondary N) is 2. The van der Waals surface area contributed by atoms with E-state index in [9.17, 15) is 23.1 Å². The van der Waals surface area contributed by atoms with Crippen LogP contribution in [0.25, 0.3) is 0 Å². The van der Waals surface area contributed by atoms with Crippen LogP contribution >= 0.6 is 11.8 Å². The van der Waals surface area contributed by atoms with Gasteiger partial charge in [0.2, 0.25) is 5.78 Å². The van der Waals surface area contributed by atoms with Gasteiger partial charge in [0.05, 0.1) is 17.9 Å². The Morgan fingerprint density at radius 3 is 2.54 bits per heavy atom. The summed E-state index contributed by atoms with van der Waals surface area (Å²) in [5, 5.41) is 20.8. The molecule has 0 heterocycles. The maximum atomic E-state index is 13.4. The van der Waals surface area contributed by atoms with E-state index in [2.05, 4.69) is 5.32 Å². The zero-order valence-electron chi connectivity index (χ0n) is 15.9. The van der Waals surface area contributed by atoms with Crippen LogP contribution in [0.1, 0.15) is 34.3 Å². The monoisotopic (exact) mass is 416 g/mol. The van der Waals surface area contributed by atoms with Gasteiger partial charge in [-0.3, -0.25) is 4.79 Å². The first-order chi connectivity index (χ1) is 13.1. The van der Waals surface area contributed by atoms with Crippen molar-refractivity contribution in [2.45, 2.75) is 30.8 Å². The minimum absolute atomic E-state index is 0.00438. The molecule has 0 bridgehead atoms. The third-order valence-electron chi connectivity index (χ3n) is 4.45. The minimum Gasteiger partial charge on any atom is -0.494 e. The molecule has 154 valence electrons. The van der Waals surface area contributed by atoms with Crippen molar-refractivity contribution in [1.29, 1.82) is 5.41 Å². The molecule has 0 saturated heterocycles. The van der Waals surface area contributed by atoms with Gasteiger partial charge in [0.25, 0.3) is 0 Å². The SMILES string of the molecule is CN/C(O)=C(\C(=N)C1CC1)C(=O)c1ccc(C(F)(F)F)c(SCCOC)c1C. The number of Topliss-reactive ketones (excluding diaryl/α,β-unsaturated/α-hetero) is 1. The first kappa shape index (κ1) is 22.3. The molecule has 0 aliphatic heterocycles. The number of halogens is 3. The Bertz CT molecular complexity index is 802. The van der Waals surface area contributed by atoms with E-state index in [4.69, 9.17) is 10.1 Å². The molecule has 1 aliphatic rings. The van der Waals surface area contributed by atoms with Crippen molar-refractivity contribution in [1.82, 2.24) is 5.32 Å². The molecule has 0 amide bonds. The van der Waals surface area contributed by atoms with Crippen molar-refractivity contribution in [2.24, 2.45) is 5.92 Å². The van der Waals surface area contributed by atoms with Crippen molar-refractivity contribution in [3.63, 3.8) is 0 Å². The lowest BCUT2D eigenvalue weighted by molar-refractivity contribution is -0.139. The van der Waals surface area contributed by atoms with E-state index in [0.29, 0.717) is 5.75 Å². The van der Waals surface area contributed by atoms with Crippen LogP contribution in [0.4, 0.5) is 13.2 Å². The van der Waals surface area contributed by atoms with Gasteiger partial charge in [-0.1, -0.05) is 6.07 Å². The molecule has 1 saturated carbocycles. The molecular weight excluding hydrogens is 393 g/mol. The van der Waals surface area contributed by atoms with Crippen LogP contribution in [0.15, 0.2) is 28.5 Å². The molecule has 0 radical (unpaired) electrons. The van der Waals surface area contributed by atoms with Crippen LogP contribution in [-0.2, 0) is 10.9 Å². The van der Waals surface area contributed by atoms with E-state index in [-0.39, 0.29) is 39.8 Å². The van der Waals surface area contributed by atoms with Crippen molar-refractivity contribution in [3.05, 3.63) is 40.3 Å². The third-order valence-corrected chi connectivity index (χ3v) is 5.63. The predicted molar refractivity (Wildman–Crippen MR) is 102 cm³/mol. The number of ether oxygens (including phenoxy) is 1. The van der Waals surface area contributed by atoms with Crippen LogP contribution in [-0.4, -0.2) is 43.1 Å². The van der Waals surface area contributed by atoms with Crippen molar-refractivity contribution in [2.75, 3.05) is 26.5 Å². The molecule has 3 N–H and O–H groups in total. The second kappa shape index (κ2) is 9.00. The van der Waals surface area contributed by atoms with Gasteiger partial charge in [-0.2, -0.15) is 13.2 Å². The van der Waals surface area contributed by atoms with Gasteiger partial charge in [-0.05, 0) is 31.4 Å². The van der Waals surface area contributed by atoms with E-state index in [1.165, 1.54) is 21.1 Å². The Balaban J connectivity index is 2.53. The average Bonchev–Trinajstić information content (AvgIpc) is 3.47. The molecule has 1 aromatic carbocycles. The summed E-state index contributed by atoms with van der Waals surface area (Å²) in [5.74, 6) is -0.932. The van der Waals surface area contributed by atoms with Gasteiger partial charge < -0.3 is 20.6 Å². The lowest BCUT2D eigenvalue weighted by Gasteiger charge is -2.18. The molecule has 5 nitrogen and oxygen atoms in total. The van der Waals surface area contributed by atoms with E-state index >= 15 is 0 Å². The quantitative estimate of drug-likeness (QED) is 0.139. The van der Waals surface area contributed by atoms with Crippen LogP contribution in [0.3, 0.4) is 0 Å². The molecule has 0 unspecified atom stereocenters. The maximum Gasteiger partial charge on any atom is 0.417 e. The van der Waals surface area contributed by atoms with Crippen LogP contribution in [0.5, 0.6) is 0 Å². The highest BCUT2D eigenvalue weighted by Gasteiger charge is 2.37. The largest absolute Gasteiger partial charge is 0.494 e. The van der Waals surface area contributed by atoms with E-state index in [0.717, 1.165) is 36.7 Å². The standard InChI is InChI=1S/C19H23F3N2O3S/c1-10-12(16(25)14(18(26)24-2)15(23)11-4-5-11)6-7-13(19(20,21)22)17(10)28-9-8-27-3/h6-7,11,23-24,26H,4-5,8-9H2,1-3H3/b18-14-,23-15?. The fourth-order valence-electron chi connectivity index (χ4n) is 2.77. The van der Waals surface area contributed by atoms with Gasteiger partial charge in [0.15, 0.2) is 5.88 Å². The smallest absolute Gasteiger partial charge is 0.417 e. The molecule has 0 spiro atoms. The van der Waals surface area contributed by atoms with Gasteiger partial charge in [0.1, 0.15) is 5.57 Å². The summed E-state index contributed by atoms with van der Waals surface area (Å²) in [6, 6.07) is 1.99. The number of carbonyl (C=O) groups excluding carboxylic acids is 1. The van der Waals surface area contributed by atoms with E-state index in [1.54, 1.807) is 0 Å². The topological polar surface area (TPSA) is 82.4 Å². The molecule has 0 atom stereocenters. The summed E-state index contributed by atoms with van der Waals surface area (Å²) in [6.07, 6.45) is -3.07. The number of allylic oxidation sites excluding steroid dienone is 1. The third kappa shape index (κ3) is 4.88. The molecule has 1 aromatic rings. The first-order valence-corrected chi connectivity index (χ1v) is 9.69. The molecule has 1 fully saturated rings. The van der Waals surface area contributed by atoms with Gasteiger partial charge in [-0.15, -0.1) is 11.8 Å². The fourth-order valence-corrected chi connectivity index (χ4v) is 3.89. The minimum atomic E-state index is -4.56. The van der Waals surface area contributed by atoms with Crippen molar-refractivity contribution in [3.8, 4) is 0 Å². The lowest BCUT2D eigenvalue weighted by Crippen LogP contribution is -2.23. The Labute approximate surface area is 165 Å². The summed E-state index contributed by atoms with van der Waals surface area (Å²) >= 11 is 0.965. The number of carbonyl (C=O) groups is 1. The molecule has 1 aliphatic carbocycles. The summed E-state index contributed by atoms with van der Waals surface area (Å²) in [6.45, 7) is 1.71. The fraction of sp³-hybridized carbons (Fsp3) is 0.474. The van der Waals surface area contributed by atoms with Crippen LogP contribution < -0.4 is 5.32 Å². The highest BCUT2D eigenvalue weighted by atomic mass is 32.2. The van der Waals surface area contributed by atoms with Crippen molar-refractivity contribution >= 4 is 23.3 Å². The zero-order valence-corrected chi connectivity index (χ0v) is 16.7. The number of benzene rings is 1. The molecule has 2 rings (SSSR count). The number of hydrogen-bond acceptors (Lipinski definition) is 6. The normalized spacial score (nSPS) is 15.2. The zero-order chi connectivity index (χ0) is 21.1. The Morgan fingerprint density at radius 1 is 1.39 bits per heavy atom. The highest BCUT2D eigenvalue weighted by molar-refractivity contribution is 7.99. The summed E-state index contributed by atoms with van der Waals surface area (Å²) in [7, 11) is 2.87. The van der Waals surface area contributed by atoms with Crippen LogP contribution in [0, 0.1) is 18.3 Å². The number of ketones is 1. The number of methoxy groups -OCH3 is 1. The number of aliphatic hydroxyl groups excluding tert-OH is 1. The Morgan fingerprint density at radius 2 is 2.04 bits per heavy atom. The lowest BCUT2D eigenvalue weighted by atomic mass is 9.93. The Kier molecular flexibility index (Phi) is 7.16. The number of rotatable bonds is 9. The van der Waals surface area contributed by atoms with Crippen LogP contribution in [0.2, 0.25) is 0 Å². The van der Waals surface area contributed by atoms with Gasteiger partial charge in [0, 0.05) is 36.3 Å².